The number of rotatable bonds is 9. The van der Waals surface area contributed by atoms with Crippen LogP contribution < -0.4 is 4.74 Å². The van der Waals surface area contributed by atoms with Gasteiger partial charge in [-0.15, -0.1) is 0 Å². The van der Waals surface area contributed by atoms with E-state index in [0.29, 0.717) is 25.4 Å². The second-order valence-corrected chi connectivity index (χ2v) is 11.0. The van der Waals surface area contributed by atoms with Crippen molar-refractivity contribution in [2.75, 3.05) is 33.8 Å². The molecule has 8 nitrogen and oxygen atoms in total. The van der Waals surface area contributed by atoms with Crippen molar-refractivity contribution in [2.24, 2.45) is 0 Å². The monoisotopic (exact) mass is 538 g/mol. The number of aromatic nitrogens is 2. The first-order valence-electron chi connectivity index (χ1n) is 13.4. The first-order valence-corrected chi connectivity index (χ1v) is 13.4. The Morgan fingerprint density at radius 3 is 2.51 bits per heavy atom. The molecular weight excluding hydrogens is 499 g/mol. The SMILES string of the molecule is CN(CCN(C)C(=O)OC(C)(C)C)Cc1nn(C2CCCCO2)cc1-c1ccc(Oc2ccccc2F)cc1. The van der Waals surface area contributed by atoms with Gasteiger partial charge in [0.25, 0.3) is 0 Å². The fourth-order valence-electron chi connectivity index (χ4n) is 4.31. The van der Waals surface area contributed by atoms with Crippen LogP contribution in [0, 0.1) is 5.82 Å². The van der Waals surface area contributed by atoms with Crippen LogP contribution in [-0.4, -0.2) is 65.1 Å². The number of amides is 1. The van der Waals surface area contributed by atoms with Crippen LogP contribution in [0.5, 0.6) is 11.5 Å². The van der Waals surface area contributed by atoms with Crippen molar-refractivity contribution in [1.29, 1.82) is 0 Å². The lowest BCUT2D eigenvalue weighted by Gasteiger charge is -2.26. The van der Waals surface area contributed by atoms with Gasteiger partial charge in [-0.25, -0.2) is 13.9 Å². The van der Waals surface area contributed by atoms with Crippen molar-refractivity contribution in [2.45, 2.75) is 58.4 Å². The fourth-order valence-corrected chi connectivity index (χ4v) is 4.31. The topological polar surface area (TPSA) is 69.1 Å². The summed E-state index contributed by atoms with van der Waals surface area (Å²) in [6.45, 7) is 8.07. The molecule has 0 radical (unpaired) electrons. The molecule has 1 aliphatic rings. The first kappa shape index (κ1) is 28.6. The second-order valence-electron chi connectivity index (χ2n) is 11.0. The van der Waals surface area contributed by atoms with Gasteiger partial charge in [0.05, 0.1) is 5.69 Å². The minimum absolute atomic E-state index is 0.0847. The summed E-state index contributed by atoms with van der Waals surface area (Å²) in [5.74, 6) is 0.333. The van der Waals surface area contributed by atoms with E-state index in [-0.39, 0.29) is 18.1 Å². The van der Waals surface area contributed by atoms with E-state index in [1.165, 1.54) is 6.07 Å². The lowest BCUT2D eigenvalue weighted by atomic mass is 10.1. The van der Waals surface area contributed by atoms with Gasteiger partial charge in [0.2, 0.25) is 0 Å². The van der Waals surface area contributed by atoms with Crippen molar-refractivity contribution in [3.05, 3.63) is 66.2 Å². The summed E-state index contributed by atoms with van der Waals surface area (Å²) in [6.07, 6.45) is 4.71. The van der Waals surface area contributed by atoms with Gasteiger partial charge in [0, 0.05) is 45.0 Å². The third-order valence-electron chi connectivity index (χ3n) is 6.43. The number of benzene rings is 2. The molecule has 2 aromatic carbocycles. The van der Waals surface area contributed by atoms with Crippen LogP contribution in [0.15, 0.2) is 54.7 Å². The molecule has 2 heterocycles. The minimum Gasteiger partial charge on any atom is -0.454 e. The Labute approximate surface area is 230 Å². The van der Waals surface area contributed by atoms with Gasteiger partial charge in [-0.1, -0.05) is 24.3 Å². The van der Waals surface area contributed by atoms with Crippen LogP contribution in [0.4, 0.5) is 9.18 Å². The fraction of sp³-hybridized carbons (Fsp3) is 0.467. The summed E-state index contributed by atoms with van der Waals surface area (Å²) in [6, 6.07) is 13.9. The van der Waals surface area contributed by atoms with E-state index in [1.54, 1.807) is 30.1 Å². The Kier molecular flexibility index (Phi) is 9.24. The Hall–Kier alpha value is -3.43. The molecule has 39 heavy (non-hydrogen) atoms. The maximum atomic E-state index is 14.0. The molecule has 0 aliphatic carbocycles. The number of para-hydroxylation sites is 1. The van der Waals surface area contributed by atoms with E-state index >= 15 is 0 Å². The number of halogens is 1. The summed E-state index contributed by atoms with van der Waals surface area (Å²) in [5, 5.41) is 4.93. The van der Waals surface area contributed by atoms with Gasteiger partial charge in [-0.05, 0) is 76.9 Å². The number of ether oxygens (including phenoxy) is 3. The van der Waals surface area contributed by atoms with Crippen LogP contribution >= 0.6 is 0 Å². The predicted octanol–water partition coefficient (Wildman–Crippen LogP) is 6.48. The van der Waals surface area contributed by atoms with Crippen molar-refractivity contribution in [3.63, 3.8) is 0 Å². The van der Waals surface area contributed by atoms with E-state index < -0.39 is 11.4 Å². The molecule has 0 spiro atoms. The van der Waals surface area contributed by atoms with Gasteiger partial charge in [-0.3, -0.25) is 4.90 Å². The van der Waals surface area contributed by atoms with Gasteiger partial charge in [-0.2, -0.15) is 5.10 Å². The van der Waals surface area contributed by atoms with Crippen molar-refractivity contribution in [3.8, 4) is 22.6 Å². The number of hydrogen-bond donors (Lipinski definition) is 0. The molecule has 210 valence electrons. The predicted molar refractivity (Wildman–Crippen MR) is 148 cm³/mol. The second kappa shape index (κ2) is 12.6. The van der Waals surface area contributed by atoms with Gasteiger partial charge in [0.1, 0.15) is 17.6 Å². The molecule has 3 aromatic rings. The van der Waals surface area contributed by atoms with E-state index in [4.69, 9.17) is 19.3 Å². The number of carbonyl (C=O) groups is 1. The lowest BCUT2D eigenvalue weighted by Crippen LogP contribution is -2.38. The first-order chi connectivity index (χ1) is 18.6. The largest absolute Gasteiger partial charge is 0.454 e. The van der Waals surface area contributed by atoms with Crippen LogP contribution in [-0.2, 0) is 16.0 Å². The van der Waals surface area contributed by atoms with E-state index in [9.17, 15) is 9.18 Å². The summed E-state index contributed by atoms with van der Waals surface area (Å²) in [7, 11) is 3.75. The summed E-state index contributed by atoms with van der Waals surface area (Å²) < 4.78 is 33.1. The zero-order chi connectivity index (χ0) is 28.0. The third kappa shape index (κ3) is 8.03. The number of likely N-dealkylation sites (N-methyl/N-ethyl adjacent to an activating group) is 2. The molecule has 0 N–H and O–H groups in total. The standard InChI is InChI=1S/C30H39FN4O4/c1-30(2,3)39-29(36)34(5)18-17-33(4)21-26-24(20-35(32-26)28-12-8-9-19-37-28)22-13-15-23(16-14-22)38-27-11-7-6-10-25(27)31/h6-7,10-11,13-16,20,28H,8-9,12,17-19,21H2,1-5H3. The number of nitrogens with zero attached hydrogens (tertiary/aromatic N) is 4. The molecule has 1 unspecified atom stereocenters. The van der Waals surface area contributed by atoms with Crippen molar-refractivity contribution >= 4 is 6.09 Å². The Morgan fingerprint density at radius 2 is 1.85 bits per heavy atom. The molecule has 1 atom stereocenters. The van der Waals surface area contributed by atoms with E-state index in [2.05, 4.69) is 4.90 Å². The van der Waals surface area contributed by atoms with Gasteiger partial charge in [0.15, 0.2) is 11.6 Å². The van der Waals surface area contributed by atoms with E-state index in [0.717, 1.165) is 42.7 Å². The quantitative estimate of drug-likeness (QED) is 0.311. The Balaban J connectivity index is 1.48. The summed E-state index contributed by atoms with van der Waals surface area (Å²) >= 11 is 0. The van der Waals surface area contributed by atoms with Gasteiger partial charge < -0.3 is 19.1 Å². The molecule has 1 aliphatic heterocycles. The zero-order valence-electron chi connectivity index (χ0n) is 23.5. The molecule has 0 bridgehead atoms. The maximum absolute atomic E-state index is 14.0. The summed E-state index contributed by atoms with van der Waals surface area (Å²) in [4.78, 5) is 16.1. The molecular formula is C30H39FN4O4. The molecule has 1 saturated heterocycles. The Bertz CT molecular complexity index is 1230. The average Bonchev–Trinajstić information content (AvgIpc) is 3.32. The Morgan fingerprint density at radius 1 is 1.10 bits per heavy atom. The van der Waals surface area contributed by atoms with Gasteiger partial charge >= 0.3 is 6.09 Å². The highest BCUT2D eigenvalue weighted by Gasteiger charge is 2.22. The van der Waals surface area contributed by atoms with Crippen LogP contribution in [0.25, 0.3) is 11.1 Å². The summed E-state index contributed by atoms with van der Waals surface area (Å²) in [5.41, 5.74) is 2.35. The molecule has 1 fully saturated rings. The highest BCUT2D eigenvalue weighted by atomic mass is 19.1. The smallest absolute Gasteiger partial charge is 0.410 e. The molecule has 1 amide bonds. The average molecular weight is 539 g/mol. The molecule has 4 rings (SSSR count). The van der Waals surface area contributed by atoms with E-state index in [1.807, 2.05) is 63.0 Å². The highest BCUT2D eigenvalue weighted by molar-refractivity contribution is 5.68. The van der Waals surface area contributed by atoms with Crippen molar-refractivity contribution < 1.29 is 23.4 Å². The zero-order valence-corrected chi connectivity index (χ0v) is 23.5. The molecule has 1 aromatic heterocycles. The normalized spacial score (nSPS) is 15.8. The highest BCUT2D eigenvalue weighted by Crippen LogP contribution is 2.31. The lowest BCUT2D eigenvalue weighted by molar-refractivity contribution is -0.0397. The third-order valence-corrected chi connectivity index (χ3v) is 6.43. The van der Waals surface area contributed by atoms with Crippen LogP contribution in [0.1, 0.15) is 52.0 Å². The number of hydrogen-bond acceptors (Lipinski definition) is 6. The number of carbonyl (C=O) groups excluding carboxylic acids is 1. The van der Waals surface area contributed by atoms with Crippen molar-refractivity contribution in [1.82, 2.24) is 19.6 Å². The molecule has 9 heteroatoms. The maximum Gasteiger partial charge on any atom is 0.410 e. The van der Waals surface area contributed by atoms with Crippen LogP contribution in [0.3, 0.4) is 0 Å². The van der Waals surface area contributed by atoms with Crippen LogP contribution in [0.2, 0.25) is 0 Å². The minimum atomic E-state index is -0.532. The molecule has 0 saturated carbocycles.